The van der Waals surface area contributed by atoms with Gasteiger partial charge < -0.3 is 0 Å². The van der Waals surface area contributed by atoms with E-state index in [2.05, 4.69) is 0 Å². The normalized spacial score (nSPS) is 29.4. The van der Waals surface area contributed by atoms with Gasteiger partial charge >= 0.3 is 6.18 Å². The lowest BCUT2D eigenvalue weighted by molar-refractivity contribution is -0.170. The van der Waals surface area contributed by atoms with Crippen LogP contribution in [0.4, 0.5) is 13.2 Å². The van der Waals surface area contributed by atoms with Gasteiger partial charge in [0.15, 0.2) is 0 Å². The van der Waals surface area contributed by atoms with E-state index in [0.717, 1.165) is 0 Å². The maximum atomic E-state index is 11.9. The van der Waals surface area contributed by atoms with Gasteiger partial charge in [0, 0.05) is 13.1 Å². The first-order valence-corrected chi connectivity index (χ1v) is 3.06. The Bertz CT molecular complexity index is 123. The van der Waals surface area contributed by atoms with Gasteiger partial charge in [-0.15, -0.1) is 0 Å². The van der Waals surface area contributed by atoms with Crippen LogP contribution in [0.15, 0.2) is 0 Å². The topological polar surface area (TPSA) is 29.3 Å². The van der Waals surface area contributed by atoms with Gasteiger partial charge in [-0.05, 0) is 6.42 Å². The molecule has 0 unspecified atom stereocenters. The van der Waals surface area contributed by atoms with Gasteiger partial charge in [0.25, 0.3) is 0 Å². The van der Waals surface area contributed by atoms with Crippen molar-refractivity contribution in [3.05, 3.63) is 0 Å². The predicted molar refractivity (Wildman–Crippen MR) is 29.9 cm³/mol. The highest BCUT2D eigenvalue weighted by Gasteiger charge is 2.42. The minimum atomic E-state index is -4.06. The molecule has 0 radical (unpaired) electrons. The summed E-state index contributed by atoms with van der Waals surface area (Å²) in [4.78, 5) is 0. The lowest BCUT2D eigenvalue weighted by Gasteiger charge is -2.13. The third kappa shape index (κ3) is 1.60. The highest BCUT2D eigenvalue weighted by atomic mass is 19.4. The quantitative estimate of drug-likeness (QED) is 0.521. The average Bonchev–Trinajstić information content (AvgIpc) is 2.11. The van der Waals surface area contributed by atoms with Crippen molar-refractivity contribution in [2.24, 2.45) is 11.8 Å². The summed E-state index contributed by atoms with van der Waals surface area (Å²) in [5.74, 6) is 3.94. The van der Waals surface area contributed by atoms with E-state index in [1.807, 2.05) is 0 Å². The number of nitrogens with zero attached hydrogens (tertiary/aromatic N) is 1. The van der Waals surface area contributed by atoms with Gasteiger partial charge in [-0.2, -0.15) is 13.2 Å². The van der Waals surface area contributed by atoms with E-state index >= 15 is 0 Å². The van der Waals surface area contributed by atoms with Gasteiger partial charge in [0.05, 0.1) is 5.92 Å². The van der Waals surface area contributed by atoms with E-state index in [4.69, 9.17) is 5.84 Å². The van der Waals surface area contributed by atoms with Crippen LogP contribution in [0, 0.1) is 5.92 Å². The van der Waals surface area contributed by atoms with Crippen molar-refractivity contribution >= 4 is 0 Å². The number of hydrogen-bond donors (Lipinski definition) is 1. The summed E-state index contributed by atoms with van der Waals surface area (Å²) in [7, 11) is 0. The Labute approximate surface area is 56.8 Å². The molecule has 0 spiro atoms. The molecule has 0 aromatic rings. The number of alkyl halides is 3. The zero-order valence-electron chi connectivity index (χ0n) is 5.36. The SMILES string of the molecule is NN1CC[C@@H](C(F)(F)F)C1. The summed E-state index contributed by atoms with van der Waals surface area (Å²) >= 11 is 0. The summed E-state index contributed by atoms with van der Waals surface area (Å²) in [5.41, 5.74) is 0. The first kappa shape index (κ1) is 7.81. The molecule has 1 heterocycles. The molecule has 0 amide bonds. The fourth-order valence-corrected chi connectivity index (χ4v) is 1.05. The van der Waals surface area contributed by atoms with E-state index in [1.165, 1.54) is 5.01 Å². The van der Waals surface area contributed by atoms with Crippen LogP contribution in [0.1, 0.15) is 6.42 Å². The molecule has 0 aromatic carbocycles. The van der Waals surface area contributed by atoms with Crippen molar-refractivity contribution in [3.8, 4) is 0 Å². The summed E-state index contributed by atoms with van der Waals surface area (Å²) in [5, 5.41) is 1.21. The van der Waals surface area contributed by atoms with Crippen LogP contribution in [0.3, 0.4) is 0 Å². The van der Waals surface area contributed by atoms with Crippen LogP contribution in [-0.4, -0.2) is 24.3 Å². The van der Waals surface area contributed by atoms with Crippen LogP contribution in [-0.2, 0) is 0 Å². The van der Waals surface area contributed by atoms with Crippen molar-refractivity contribution in [2.75, 3.05) is 13.1 Å². The minimum absolute atomic E-state index is 0.0521. The zero-order chi connectivity index (χ0) is 7.78. The fraction of sp³-hybridized carbons (Fsp3) is 1.00. The lowest BCUT2D eigenvalue weighted by Crippen LogP contribution is -2.31. The smallest absolute Gasteiger partial charge is 0.269 e. The van der Waals surface area contributed by atoms with Gasteiger partial charge in [-0.3, -0.25) is 5.84 Å². The van der Waals surface area contributed by atoms with E-state index in [0.29, 0.717) is 6.54 Å². The molecule has 1 aliphatic rings. The van der Waals surface area contributed by atoms with Gasteiger partial charge in [-0.25, -0.2) is 5.01 Å². The van der Waals surface area contributed by atoms with Crippen LogP contribution < -0.4 is 5.84 Å². The van der Waals surface area contributed by atoms with Crippen LogP contribution in [0.2, 0.25) is 0 Å². The molecule has 1 rings (SSSR count). The van der Waals surface area contributed by atoms with Crippen molar-refractivity contribution in [3.63, 3.8) is 0 Å². The number of nitrogens with two attached hydrogens (primary N) is 1. The molecular formula is C5H9F3N2. The molecule has 1 saturated heterocycles. The first-order chi connectivity index (χ1) is 4.50. The van der Waals surface area contributed by atoms with Crippen LogP contribution in [0.25, 0.3) is 0 Å². The molecule has 2 nitrogen and oxygen atoms in total. The maximum absolute atomic E-state index is 11.9. The fourth-order valence-electron chi connectivity index (χ4n) is 1.05. The number of halogens is 3. The Balaban J connectivity index is 2.45. The largest absolute Gasteiger partial charge is 0.393 e. The Morgan fingerprint density at radius 3 is 2.20 bits per heavy atom. The third-order valence-corrected chi connectivity index (χ3v) is 1.68. The van der Waals surface area contributed by atoms with Gasteiger partial charge in [0.1, 0.15) is 0 Å². The van der Waals surface area contributed by atoms with E-state index < -0.39 is 12.1 Å². The molecule has 0 saturated carbocycles. The summed E-state index contributed by atoms with van der Waals surface area (Å²) in [6.45, 7) is 0.299. The molecule has 10 heavy (non-hydrogen) atoms. The molecule has 2 N–H and O–H groups in total. The Hall–Kier alpha value is -0.290. The predicted octanol–water partition coefficient (Wildman–Crippen LogP) is 0.744. The molecule has 5 heteroatoms. The minimum Gasteiger partial charge on any atom is -0.269 e. The van der Waals surface area contributed by atoms with Crippen LogP contribution in [0.5, 0.6) is 0 Å². The number of hydrogen-bond acceptors (Lipinski definition) is 2. The molecule has 0 bridgehead atoms. The van der Waals surface area contributed by atoms with E-state index in [-0.39, 0.29) is 13.0 Å². The van der Waals surface area contributed by atoms with Crippen molar-refractivity contribution in [1.29, 1.82) is 0 Å². The molecule has 1 aliphatic heterocycles. The second kappa shape index (κ2) is 2.39. The highest BCUT2D eigenvalue weighted by Crippen LogP contribution is 2.32. The average molecular weight is 154 g/mol. The summed E-state index contributed by atoms with van der Waals surface area (Å²) < 4.78 is 35.6. The standard InChI is InChI=1S/C5H9F3N2/c6-5(7,8)4-1-2-10(9)3-4/h4H,1-3,9H2/t4-/m1/s1. The molecule has 0 aliphatic carbocycles. The molecule has 60 valence electrons. The first-order valence-electron chi connectivity index (χ1n) is 3.06. The third-order valence-electron chi connectivity index (χ3n) is 1.68. The summed E-state index contributed by atoms with van der Waals surface area (Å²) in [6.07, 6.45) is -3.92. The van der Waals surface area contributed by atoms with Gasteiger partial charge in [0.2, 0.25) is 0 Å². The van der Waals surface area contributed by atoms with E-state index in [9.17, 15) is 13.2 Å². The molecule has 1 atom stereocenters. The van der Waals surface area contributed by atoms with E-state index in [1.54, 1.807) is 0 Å². The van der Waals surface area contributed by atoms with Crippen molar-refractivity contribution in [1.82, 2.24) is 5.01 Å². The molecular weight excluding hydrogens is 145 g/mol. The molecule has 0 aromatic heterocycles. The Morgan fingerprint density at radius 1 is 1.40 bits per heavy atom. The Morgan fingerprint density at radius 2 is 2.00 bits per heavy atom. The highest BCUT2D eigenvalue weighted by molar-refractivity contribution is 4.77. The Kier molecular flexibility index (Phi) is 1.87. The monoisotopic (exact) mass is 154 g/mol. The second-order valence-electron chi connectivity index (χ2n) is 2.52. The lowest BCUT2D eigenvalue weighted by atomic mass is 10.1. The number of rotatable bonds is 0. The maximum Gasteiger partial charge on any atom is 0.393 e. The van der Waals surface area contributed by atoms with Crippen molar-refractivity contribution < 1.29 is 13.2 Å². The van der Waals surface area contributed by atoms with Gasteiger partial charge in [-0.1, -0.05) is 0 Å². The molecule has 1 fully saturated rings. The second-order valence-corrected chi connectivity index (χ2v) is 2.52. The van der Waals surface area contributed by atoms with Crippen molar-refractivity contribution in [2.45, 2.75) is 12.6 Å². The number of hydrazine groups is 1. The van der Waals surface area contributed by atoms with Crippen LogP contribution >= 0.6 is 0 Å². The zero-order valence-corrected chi connectivity index (χ0v) is 5.36. The summed E-state index contributed by atoms with van der Waals surface area (Å²) in [6, 6.07) is 0.